The summed E-state index contributed by atoms with van der Waals surface area (Å²) in [5.74, 6) is -2.47. The third kappa shape index (κ3) is 47.0. The van der Waals surface area contributed by atoms with E-state index in [-0.39, 0.29) is 32.7 Å². The molecule has 0 aromatic heterocycles. The summed E-state index contributed by atoms with van der Waals surface area (Å²) in [7, 11) is 5.86. The number of carboxylic acid groups (broad SMARTS) is 1. The van der Waals surface area contributed by atoms with Crippen molar-refractivity contribution in [3.05, 3.63) is 146 Å². The predicted molar refractivity (Wildman–Crippen MR) is 269 cm³/mol. The molecule has 0 fully saturated rings. The molecule has 0 saturated carbocycles. The Kier molecular flexibility index (Phi) is 42.3. The van der Waals surface area contributed by atoms with E-state index in [1.165, 1.54) is 0 Å². The van der Waals surface area contributed by atoms with E-state index in [4.69, 9.17) is 18.9 Å². The number of aliphatic carboxylic acids is 1. The molecule has 0 rings (SSSR count). The molecule has 0 radical (unpaired) electrons. The molecule has 0 aliphatic rings. The smallest absolute Gasteiger partial charge is 0.306 e. The predicted octanol–water partition coefficient (Wildman–Crippen LogP) is 12.0. The summed E-state index contributed by atoms with van der Waals surface area (Å²) in [6.45, 7) is 4.33. The molecule has 0 aliphatic carbocycles. The van der Waals surface area contributed by atoms with Crippen LogP contribution in [0.4, 0.5) is 0 Å². The van der Waals surface area contributed by atoms with Crippen molar-refractivity contribution in [3.8, 4) is 0 Å². The summed E-state index contributed by atoms with van der Waals surface area (Å²) >= 11 is 0. The normalized spacial score (nSPS) is 14.2. The molecular formula is C56H85NO8. The van der Waals surface area contributed by atoms with Crippen LogP contribution >= 0.6 is 0 Å². The van der Waals surface area contributed by atoms with Crippen LogP contribution in [0.1, 0.15) is 129 Å². The minimum atomic E-state index is -1.66. The molecule has 2 atom stereocenters. The summed E-state index contributed by atoms with van der Waals surface area (Å²) in [6.07, 6.45) is 63.3. The van der Waals surface area contributed by atoms with Gasteiger partial charge in [0.1, 0.15) is 13.2 Å². The van der Waals surface area contributed by atoms with Gasteiger partial charge in [-0.2, -0.15) is 0 Å². The minimum Gasteiger partial charge on any atom is -0.545 e. The largest absolute Gasteiger partial charge is 0.545 e. The lowest BCUT2D eigenvalue weighted by Crippen LogP contribution is -2.44. The Morgan fingerprint density at radius 2 is 0.800 bits per heavy atom. The molecule has 9 nitrogen and oxygen atoms in total. The maximum absolute atomic E-state index is 12.8. The minimum absolute atomic E-state index is 0.118. The summed E-state index contributed by atoms with van der Waals surface area (Å²) in [6, 6.07) is 0. The van der Waals surface area contributed by atoms with Gasteiger partial charge in [0.15, 0.2) is 12.4 Å². The average molecular weight is 900 g/mol. The van der Waals surface area contributed by atoms with Crippen LogP contribution in [-0.2, 0) is 33.3 Å². The van der Waals surface area contributed by atoms with Gasteiger partial charge >= 0.3 is 11.9 Å². The molecule has 362 valence electrons. The van der Waals surface area contributed by atoms with Crippen LogP contribution in [0.15, 0.2) is 146 Å². The zero-order valence-corrected chi connectivity index (χ0v) is 40.8. The van der Waals surface area contributed by atoms with Crippen molar-refractivity contribution in [3.63, 3.8) is 0 Å². The van der Waals surface area contributed by atoms with Crippen molar-refractivity contribution >= 4 is 17.9 Å². The van der Waals surface area contributed by atoms with E-state index in [0.717, 1.165) is 83.5 Å². The molecule has 0 aromatic carbocycles. The maximum atomic E-state index is 12.8. The zero-order valence-electron chi connectivity index (χ0n) is 40.8. The first-order valence-corrected chi connectivity index (χ1v) is 24.0. The fourth-order valence-electron chi connectivity index (χ4n) is 5.44. The van der Waals surface area contributed by atoms with Crippen molar-refractivity contribution in [2.24, 2.45) is 0 Å². The summed E-state index contributed by atoms with van der Waals surface area (Å²) in [5, 5.41) is 11.7. The van der Waals surface area contributed by atoms with E-state index < -0.39 is 30.3 Å². The van der Waals surface area contributed by atoms with Gasteiger partial charge in [0.2, 0.25) is 0 Å². The van der Waals surface area contributed by atoms with Gasteiger partial charge in [0, 0.05) is 12.8 Å². The molecule has 0 bridgehead atoms. The maximum Gasteiger partial charge on any atom is 0.306 e. The van der Waals surface area contributed by atoms with Crippen LogP contribution in [0, 0.1) is 0 Å². The van der Waals surface area contributed by atoms with Crippen molar-refractivity contribution in [2.75, 3.05) is 47.5 Å². The molecular weight excluding hydrogens is 815 g/mol. The average Bonchev–Trinajstić information content (AvgIpc) is 3.27. The van der Waals surface area contributed by atoms with Crippen LogP contribution in [0.25, 0.3) is 0 Å². The van der Waals surface area contributed by atoms with Crippen LogP contribution in [0.5, 0.6) is 0 Å². The highest BCUT2D eigenvalue weighted by atomic mass is 16.7. The van der Waals surface area contributed by atoms with Gasteiger partial charge in [-0.25, -0.2) is 0 Å². The highest BCUT2D eigenvalue weighted by Gasteiger charge is 2.21. The van der Waals surface area contributed by atoms with Crippen molar-refractivity contribution in [1.29, 1.82) is 0 Å². The molecule has 9 heteroatoms. The van der Waals surface area contributed by atoms with E-state index in [0.29, 0.717) is 30.3 Å². The number of allylic oxidation sites excluding steroid dienone is 24. The van der Waals surface area contributed by atoms with Crippen LogP contribution in [0.3, 0.4) is 0 Å². The fraction of sp³-hybridized carbons (Fsp3) is 0.518. The van der Waals surface area contributed by atoms with Crippen molar-refractivity contribution in [2.45, 2.75) is 142 Å². The molecule has 0 saturated heterocycles. The highest BCUT2D eigenvalue weighted by Crippen LogP contribution is 2.08. The molecule has 0 aromatic rings. The molecule has 0 spiro atoms. The monoisotopic (exact) mass is 900 g/mol. The topological polar surface area (TPSA) is 111 Å². The summed E-state index contributed by atoms with van der Waals surface area (Å²) in [5.41, 5.74) is 0. The number of hydrogen-bond donors (Lipinski definition) is 0. The number of ether oxygens (including phenoxy) is 4. The van der Waals surface area contributed by atoms with E-state index in [1.807, 2.05) is 33.3 Å². The Balaban J connectivity index is 4.63. The third-order valence-electron chi connectivity index (χ3n) is 9.08. The Hall–Kier alpha value is -4.83. The second kappa shape index (κ2) is 45.7. The van der Waals surface area contributed by atoms with Gasteiger partial charge < -0.3 is 33.3 Å². The lowest BCUT2D eigenvalue weighted by molar-refractivity contribution is -0.870. The lowest BCUT2D eigenvalue weighted by Gasteiger charge is -2.26. The number of carboxylic acids is 1. The van der Waals surface area contributed by atoms with E-state index in [2.05, 4.69) is 148 Å². The number of likely N-dealkylation sites (N-methyl/N-ethyl adjacent to an activating group) is 1. The van der Waals surface area contributed by atoms with E-state index in [1.54, 1.807) is 0 Å². The first-order chi connectivity index (χ1) is 31.6. The first-order valence-electron chi connectivity index (χ1n) is 24.0. The van der Waals surface area contributed by atoms with Crippen LogP contribution in [-0.4, -0.2) is 82.3 Å². The number of carbonyl (C=O) groups is 3. The number of rotatable bonds is 41. The zero-order chi connectivity index (χ0) is 47.7. The number of nitrogens with zero attached hydrogens (tertiary/aromatic N) is 1. The van der Waals surface area contributed by atoms with Crippen molar-refractivity contribution < 1.29 is 42.9 Å². The molecule has 0 N–H and O–H groups in total. The van der Waals surface area contributed by atoms with Gasteiger partial charge in [-0.1, -0.05) is 160 Å². The van der Waals surface area contributed by atoms with E-state index >= 15 is 0 Å². The second-order valence-electron chi connectivity index (χ2n) is 16.3. The summed E-state index contributed by atoms with van der Waals surface area (Å²) in [4.78, 5) is 37.0. The molecule has 2 unspecified atom stereocenters. The first kappa shape index (κ1) is 60.2. The molecule has 0 heterocycles. The summed E-state index contributed by atoms with van der Waals surface area (Å²) < 4.78 is 22.4. The Bertz CT molecular complexity index is 1560. The number of carbonyl (C=O) groups excluding carboxylic acids is 3. The number of hydrogen-bond acceptors (Lipinski definition) is 8. The third-order valence-corrected chi connectivity index (χ3v) is 9.08. The van der Waals surface area contributed by atoms with Gasteiger partial charge in [-0.15, -0.1) is 0 Å². The second-order valence-corrected chi connectivity index (χ2v) is 16.3. The lowest BCUT2D eigenvalue weighted by atomic mass is 10.2. The Morgan fingerprint density at radius 1 is 0.462 bits per heavy atom. The van der Waals surface area contributed by atoms with Gasteiger partial charge in [0.05, 0.1) is 40.3 Å². The number of esters is 2. The fourth-order valence-corrected chi connectivity index (χ4v) is 5.44. The van der Waals surface area contributed by atoms with E-state index in [9.17, 15) is 19.5 Å². The van der Waals surface area contributed by atoms with Gasteiger partial charge in [-0.05, 0) is 103 Å². The Morgan fingerprint density at radius 3 is 1.14 bits per heavy atom. The van der Waals surface area contributed by atoms with Crippen LogP contribution in [0.2, 0.25) is 0 Å². The van der Waals surface area contributed by atoms with Gasteiger partial charge in [0.25, 0.3) is 0 Å². The Labute approximate surface area is 394 Å². The molecule has 65 heavy (non-hydrogen) atoms. The number of unbranched alkanes of at least 4 members (excludes halogenated alkanes) is 2. The highest BCUT2D eigenvalue weighted by molar-refractivity contribution is 5.70. The SMILES string of the molecule is CC/C=C\C/C=C\C/C=C\C/C=C\C/C=C\C/C=C\C/C=C\CCCC(=O)OC(COC(=O)CCC/C=C\C/C=C\C/C=C\C/C=C\C/C=C\CC)COC(OCC[N+](C)(C)C)C(=O)[O-]. The van der Waals surface area contributed by atoms with Gasteiger partial charge in [-0.3, -0.25) is 9.59 Å². The standard InChI is InChI=1S/C56H85NO8/c1-6-8-10-12-14-16-18-20-22-24-25-26-27-28-29-31-33-35-37-39-41-43-45-47-54(59)65-52(51-64-56(55(60)61)62-49-48-57(3,4)5)50-63-53(58)46-44-42-40-38-36-34-32-30-23-21-19-17-15-13-11-9-7-2/h8-11,14-17,20-23,25-26,28-29,32-35,38-41,52,56H,6-7,12-13,18-19,24,27,30-31,36-37,42-51H2,1-5H3/b10-8-,11-9-,16-14-,17-15-,22-20-,23-21-,26-25-,29-28-,34-32-,35-33-,40-38-,41-39-. The number of quaternary nitrogens is 1. The van der Waals surface area contributed by atoms with Crippen LogP contribution < -0.4 is 5.11 Å². The quantitative estimate of drug-likeness (QED) is 0.0196. The molecule has 0 amide bonds. The molecule has 0 aliphatic heterocycles. The van der Waals surface area contributed by atoms with Crippen molar-refractivity contribution in [1.82, 2.24) is 0 Å².